The zero-order chi connectivity index (χ0) is 24.8. The normalized spacial score (nSPS) is 10.7. The van der Waals surface area contributed by atoms with Crippen LogP contribution in [0.2, 0.25) is 0 Å². The van der Waals surface area contributed by atoms with Gasteiger partial charge in [0, 0.05) is 11.3 Å². The lowest BCUT2D eigenvalue weighted by molar-refractivity contribution is -0.116. The highest BCUT2D eigenvalue weighted by Crippen LogP contribution is 2.30. The fourth-order valence-electron chi connectivity index (χ4n) is 3.78. The van der Waals surface area contributed by atoms with E-state index in [4.69, 9.17) is 13.9 Å². The van der Waals surface area contributed by atoms with E-state index >= 15 is 0 Å². The van der Waals surface area contributed by atoms with Crippen LogP contribution in [-0.2, 0) is 11.3 Å². The lowest BCUT2D eigenvalue weighted by Gasteiger charge is -2.23. The third kappa shape index (κ3) is 6.02. The predicted molar refractivity (Wildman–Crippen MR) is 137 cm³/mol. The van der Waals surface area contributed by atoms with Gasteiger partial charge in [0.2, 0.25) is 11.8 Å². The van der Waals surface area contributed by atoms with Crippen LogP contribution < -0.4 is 14.4 Å². The molecule has 0 aliphatic carbocycles. The van der Waals surface area contributed by atoms with Crippen molar-refractivity contribution in [1.29, 1.82) is 0 Å². The van der Waals surface area contributed by atoms with Crippen LogP contribution >= 0.6 is 11.8 Å². The minimum absolute atomic E-state index is 0.0814. The average Bonchev–Trinajstić information content (AvgIpc) is 3.35. The van der Waals surface area contributed by atoms with Crippen molar-refractivity contribution in [2.75, 3.05) is 24.9 Å². The Balaban J connectivity index is 1.50. The van der Waals surface area contributed by atoms with Crippen molar-refractivity contribution in [3.05, 3.63) is 83.4 Å². The Hall–Kier alpha value is -3.78. The van der Waals surface area contributed by atoms with Crippen molar-refractivity contribution in [2.45, 2.75) is 25.6 Å². The molecule has 0 unspecified atom stereocenters. The number of aromatic nitrogens is 2. The molecule has 0 radical (unpaired) electrons. The van der Waals surface area contributed by atoms with Crippen LogP contribution in [0, 0.1) is 13.8 Å². The molecule has 0 atom stereocenters. The molecule has 0 aliphatic heterocycles. The molecule has 35 heavy (non-hydrogen) atoms. The maximum atomic E-state index is 13.3. The number of thioether (sulfide) groups is 1. The van der Waals surface area contributed by atoms with Crippen molar-refractivity contribution in [2.24, 2.45) is 0 Å². The van der Waals surface area contributed by atoms with E-state index in [1.807, 2.05) is 74.5 Å². The highest BCUT2D eigenvalue weighted by molar-refractivity contribution is 7.99. The second kappa shape index (κ2) is 11.1. The van der Waals surface area contributed by atoms with Gasteiger partial charge in [-0.2, -0.15) is 0 Å². The molecule has 1 amide bonds. The second-order valence-electron chi connectivity index (χ2n) is 8.04. The molecule has 1 aromatic heterocycles. The van der Waals surface area contributed by atoms with Gasteiger partial charge in [-0.15, -0.1) is 10.2 Å². The Kier molecular flexibility index (Phi) is 7.72. The summed E-state index contributed by atoms with van der Waals surface area (Å²) in [6.45, 7) is 4.43. The highest BCUT2D eigenvalue weighted by atomic mass is 32.2. The zero-order valence-electron chi connectivity index (χ0n) is 20.1. The number of carbonyl (C=O) groups excluding carboxylic acids is 1. The number of hydrogen-bond donors (Lipinski definition) is 0. The van der Waals surface area contributed by atoms with Crippen LogP contribution in [0.15, 0.2) is 76.4 Å². The van der Waals surface area contributed by atoms with Crippen molar-refractivity contribution in [3.63, 3.8) is 0 Å². The summed E-state index contributed by atoms with van der Waals surface area (Å²) in [6, 6.07) is 21.3. The number of rotatable bonds is 9. The van der Waals surface area contributed by atoms with Gasteiger partial charge in [-0.25, -0.2) is 0 Å². The van der Waals surface area contributed by atoms with E-state index in [1.54, 1.807) is 19.1 Å². The predicted octanol–water partition coefficient (Wildman–Crippen LogP) is 5.70. The number of ether oxygens (including phenoxy) is 2. The van der Waals surface area contributed by atoms with E-state index in [2.05, 4.69) is 16.3 Å². The summed E-state index contributed by atoms with van der Waals surface area (Å²) in [5, 5.41) is 8.64. The number of benzene rings is 3. The van der Waals surface area contributed by atoms with Crippen molar-refractivity contribution < 1.29 is 18.7 Å². The number of hydrogen-bond acceptors (Lipinski definition) is 7. The van der Waals surface area contributed by atoms with E-state index in [-0.39, 0.29) is 11.7 Å². The number of amides is 1. The summed E-state index contributed by atoms with van der Waals surface area (Å²) in [5.41, 5.74) is 4.83. The number of methoxy groups -OCH3 is 2. The van der Waals surface area contributed by atoms with E-state index in [0.29, 0.717) is 29.2 Å². The summed E-state index contributed by atoms with van der Waals surface area (Å²) in [6.07, 6.45) is 0. The lowest BCUT2D eigenvalue weighted by Crippen LogP contribution is -2.31. The summed E-state index contributed by atoms with van der Waals surface area (Å²) in [7, 11) is 3.19. The standard InChI is InChI=1S/C27H27N3O4S/c1-18-12-19(2)14-21(13-18)26-28-29-27(34-26)35-17-25(31)30(22-8-6-5-7-9-22)16-20-10-11-23(32-3)24(15-20)33-4/h5-15H,16-17H2,1-4H3. The average molecular weight is 490 g/mol. The molecular weight excluding hydrogens is 462 g/mol. The number of para-hydroxylation sites is 1. The molecule has 8 heteroatoms. The van der Waals surface area contributed by atoms with Gasteiger partial charge in [-0.3, -0.25) is 4.79 Å². The third-order valence-electron chi connectivity index (χ3n) is 5.35. The van der Waals surface area contributed by atoms with Gasteiger partial charge >= 0.3 is 0 Å². The molecule has 4 aromatic rings. The van der Waals surface area contributed by atoms with Gasteiger partial charge in [0.1, 0.15) is 0 Å². The minimum Gasteiger partial charge on any atom is -0.493 e. The molecule has 7 nitrogen and oxygen atoms in total. The molecule has 0 spiro atoms. The Morgan fingerprint density at radius 2 is 1.63 bits per heavy atom. The topological polar surface area (TPSA) is 77.7 Å². The van der Waals surface area contributed by atoms with Crippen molar-refractivity contribution >= 4 is 23.4 Å². The molecule has 3 aromatic carbocycles. The molecule has 0 N–H and O–H groups in total. The van der Waals surface area contributed by atoms with Gasteiger partial charge in [0.15, 0.2) is 11.5 Å². The highest BCUT2D eigenvalue weighted by Gasteiger charge is 2.19. The summed E-state index contributed by atoms with van der Waals surface area (Å²) in [5.74, 6) is 1.76. The fourth-order valence-corrected chi connectivity index (χ4v) is 4.42. The van der Waals surface area contributed by atoms with Gasteiger partial charge in [-0.05, 0) is 55.8 Å². The molecule has 0 fully saturated rings. The maximum absolute atomic E-state index is 13.3. The summed E-state index contributed by atoms with van der Waals surface area (Å²) < 4.78 is 16.6. The van der Waals surface area contributed by atoms with Crippen LogP contribution in [0.1, 0.15) is 16.7 Å². The van der Waals surface area contributed by atoms with Gasteiger partial charge in [-0.1, -0.05) is 53.2 Å². The first-order valence-electron chi connectivity index (χ1n) is 11.1. The van der Waals surface area contributed by atoms with Crippen LogP contribution in [0.3, 0.4) is 0 Å². The molecule has 180 valence electrons. The van der Waals surface area contributed by atoms with E-state index in [9.17, 15) is 4.79 Å². The quantitative estimate of drug-likeness (QED) is 0.279. The monoisotopic (exact) mass is 489 g/mol. The smallest absolute Gasteiger partial charge is 0.277 e. The molecule has 0 saturated heterocycles. The number of carbonyl (C=O) groups is 1. The Morgan fingerprint density at radius 3 is 2.31 bits per heavy atom. The molecule has 0 saturated carbocycles. The molecule has 4 rings (SSSR count). The molecular formula is C27H27N3O4S. The molecule has 0 aliphatic rings. The number of aryl methyl sites for hydroxylation is 2. The van der Waals surface area contributed by atoms with E-state index in [1.165, 1.54) is 11.8 Å². The first-order valence-corrected chi connectivity index (χ1v) is 12.1. The zero-order valence-corrected chi connectivity index (χ0v) is 21.0. The van der Waals surface area contributed by atoms with Gasteiger partial charge in [0.05, 0.1) is 26.5 Å². The summed E-state index contributed by atoms with van der Waals surface area (Å²) >= 11 is 1.22. The Labute approximate surface area is 209 Å². The van der Waals surface area contributed by atoms with Crippen molar-refractivity contribution in [3.8, 4) is 23.0 Å². The van der Waals surface area contributed by atoms with Crippen LogP contribution in [-0.4, -0.2) is 36.1 Å². The van der Waals surface area contributed by atoms with E-state index in [0.717, 1.165) is 27.9 Å². The Morgan fingerprint density at radius 1 is 0.914 bits per heavy atom. The molecule has 1 heterocycles. The minimum atomic E-state index is -0.0814. The largest absolute Gasteiger partial charge is 0.493 e. The number of nitrogens with zero attached hydrogens (tertiary/aromatic N) is 3. The van der Waals surface area contributed by atoms with Crippen LogP contribution in [0.25, 0.3) is 11.5 Å². The lowest BCUT2D eigenvalue weighted by atomic mass is 10.1. The molecule has 0 bridgehead atoms. The third-order valence-corrected chi connectivity index (χ3v) is 6.15. The first-order chi connectivity index (χ1) is 17.0. The van der Waals surface area contributed by atoms with Gasteiger partial charge < -0.3 is 18.8 Å². The second-order valence-corrected chi connectivity index (χ2v) is 8.97. The van der Waals surface area contributed by atoms with Gasteiger partial charge in [0.25, 0.3) is 5.22 Å². The van der Waals surface area contributed by atoms with Crippen LogP contribution in [0.5, 0.6) is 11.5 Å². The number of anilines is 1. The van der Waals surface area contributed by atoms with Crippen molar-refractivity contribution in [1.82, 2.24) is 10.2 Å². The fraction of sp³-hybridized carbons (Fsp3) is 0.222. The Bertz CT molecular complexity index is 1290. The van der Waals surface area contributed by atoms with Crippen LogP contribution in [0.4, 0.5) is 5.69 Å². The van der Waals surface area contributed by atoms with E-state index < -0.39 is 0 Å². The SMILES string of the molecule is COc1ccc(CN(C(=O)CSc2nnc(-c3cc(C)cc(C)c3)o2)c2ccccc2)cc1OC. The summed E-state index contributed by atoms with van der Waals surface area (Å²) in [4.78, 5) is 15.1. The first kappa shape index (κ1) is 24.3. The maximum Gasteiger partial charge on any atom is 0.277 e.